The quantitative estimate of drug-likeness (QED) is 0.627. The van der Waals surface area contributed by atoms with Crippen LogP contribution in [0.15, 0.2) is 27.5 Å². The summed E-state index contributed by atoms with van der Waals surface area (Å²) in [4.78, 5) is 8.41. The molecule has 2 rings (SSSR count). The van der Waals surface area contributed by atoms with Crippen LogP contribution in [0.5, 0.6) is 0 Å². The molecule has 0 saturated heterocycles. The number of pyridine rings is 1. The van der Waals surface area contributed by atoms with Gasteiger partial charge in [0, 0.05) is 31.9 Å². The standard InChI is InChI=1S/C11H12BrN3O2/c1-16-6-2-3-10-14-11(15-17-10)8-4-5-9(12)13-7-8/h4-5,7H,2-3,6H2,1H3. The summed E-state index contributed by atoms with van der Waals surface area (Å²) in [6.07, 6.45) is 3.30. The average molecular weight is 298 g/mol. The van der Waals surface area contributed by atoms with E-state index in [0.717, 1.165) is 23.0 Å². The van der Waals surface area contributed by atoms with Gasteiger partial charge in [0.05, 0.1) is 0 Å². The third-order valence-electron chi connectivity index (χ3n) is 2.19. The first-order chi connectivity index (χ1) is 8.29. The average Bonchev–Trinajstić information content (AvgIpc) is 2.79. The number of rotatable bonds is 5. The van der Waals surface area contributed by atoms with Crippen molar-refractivity contribution >= 4 is 15.9 Å². The van der Waals surface area contributed by atoms with Crippen LogP contribution in [-0.4, -0.2) is 28.8 Å². The fourth-order valence-electron chi connectivity index (χ4n) is 1.35. The topological polar surface area (TPSA) is 61.0 Å². The molecule has 0 N–H and O–H groups in total. The highest BCUT2D eigenvalue weighted by atomic mass is 79.9. The lowest BCUT2D eigenvalue weighted by molar-refractivity contribution is 0.192. The van der Waals surface area contributed by atoms with E-state index in [0.29, 0.717) is 18.3 Å². The maximum absolute atomic E-state index is 5.14. The minimum Gasteiger partial charge on any atom is -0.385 e. The Morgan fingerprint density at radius 1 is 1.41 bits per heavy atom. The second-order valence-corrected chi connectivity index (χ2v) is 4.29. The largest absolute Gasteiger partial charge is 0.385 e. The summed E-state index contributed by atoms with van der Waals surface area (Å²) in [7, 11) is 1.67. The van der Waals surface area contributed by atoms with Gasteiger partial charge in [-0.1, -0.05) is 5.16 Å². The van der Waals surface area contributed by atoms with E-state index in [2.05, 4.69) is 31.1 Å². The molecule has 2 aromatic heterocycles. The summed E-state index contributed by atoms with van der Waals surface area (Å²) in [5.74, 6) is 1.19. The van der Waals surface area contributed by atoms with Crippen molar-refractivity contribution in [2.75, 3.05) is 13.7 Å². The Morgan fingerprint density at radius 2 is 2.29 bits per heavy atom. The normalized spacial score (nSPS) is 10.7. The smallest absolute Gasteiger partial charge is 0.227 e. The molecule has 5 nitrogen and oxygen atoms in total. The zero-order valence-corrected chi connectivity index (χ0v) is 11.0. The van der Waals surface area contributed by atoms with Gasteiger partial charge in [0.25, 0.3) is 0 Å². The second-order valence-electron chi connectivity index (χ2n) is 3.48. The van der Waals surface area contributed by atoms with Crippen LogP contribution in [0.25, 0.3) is 11.4 Å². The third-order valence-corrected chi connectivity index (χ3v) is 2.66. The zero-order valence-electron chi connectivity index (χ0n) is 9.39. The van der Waals surface area contributed by atoms with Gasteiger partial charge in [-0.25, -0.2) is 4.98 Å². The Hall–Kier alpha value is -1.27. The highest BCUT2D eigenvalue weighted by Crippen LogP contribution is 2.17. The minimum absolute atomic E-state index is 0.567. The van der Waals surface area contributed by atoms with E-state index >= 15 is 0 Å². The van der Waals surface area contributed by atoms with Crippen molar-refractivity contribution in [3.05, 3.63) is 28.8 Å². The van der Waals surface area contributed by atoms with Crippen LogP contribution in [0.2, 0.25) is 0 Å². The molecular weight excluding hydrogens is 286 g/mol. The van der Waals surface area contributed by atoms with Gasteiger partial charge in [-0.05, 0) is 34.5 Å². The first kappa shape index (κ1) is 12.2. The summed E-state index contributed by atoms with van der Waals surface area (Å²) in [5, 5.41) is 3.91. The van der Waals surface area contributed by atoms with Gasteiger partial charge in [-0.15, -0.1) is 0 Å². The number of nitrogens with zero attached hydrogens (tertiary/aromatic N) is 3. The monoisotopic (exact) mass is 297 g/mol. The van der Waals surface area contributed by atoms with E-state index in [9.17, 15) is 0 Å². The van der Waals surface area contributed by atoms with Crippen LogP contribution in [0, 0.1) is 0 Å². The number of aromatic nitrogens is 3. The van der Waals surface area contributed by atoms with Crippen molar-refractivity contribution in [1.82, 2.24) is 15.1 Å². The molecule has 6 heteroatoms. The number of aryl methyl sites for hydroxylation is 1. The number of ether oxygens (including phenoxy) is 1. The molecule has 0 fully saturated rings. The molecule has 0 aromatic carbocycles. The fourth-order valence-corrected chi connectivity index (χ4v) is 1.58. The molecule has 17 heavy (non-hydrogen) atoms. The highest BCUT2D eigenvalue weighted by molar-refractivity contribution is 9.10. The molecule has 0 amide bonds. The fraction of sp³-hybridized carbons (Fsp3) is 0.364. The van der Waals surface area contributed by atoms with Gasteiger partial charge in [0.1, 0.15) is 4.60 Å². The number of halogens is 1. The molecule has 0 atom stereocenters. The molecule has 0 aliphatic rings. The Kier molecular flexibility index (Phi) is 4.22. The first-order valence-corrected chi connectivity index (χ1v) is 6.02. The predicted molar refractivity (Wildman–Crippen MR) is 65.4 cm³/mol. The van der Waals surface area contributed by atoms with Gasteiger partial charge in [-0.3, -0.25) is 0 Å². The molecular formula is C11H12BrN3O2. The lowest BCUT2D eigenvalue weighted by Gasteiger charge is -1.94. The minimum atomic E-state index is 0.567. The second kappa shape index (κ2) is 5.88. The van der Waals surface area contributed by atoms with E-state index < -0.39 is 0 Å². The van der Waals surface area contributed by atoms with Crippen molar-refractivity contribution in [1.29, 1.82) is 0 Å². The molecule has 0 aliphatic carbocycles. The van der Waals surface area contributed by atoms with Crippen LogP contribution in [0.4, 0.5) is 0 Å². The van der Waals surface area contributed by atoms with E-state index in [1.807, 2.05) is 12.1 Å². The Labute approximate surface area is 107 Å². The van der Waals surface area contributed by atoms with Crippen molar-refractivity contribution < 1.29 is 9.26 Å². The lowest BCUT2D eigenvalue weighted by atomic mass is 10.3. The van der Waals surface area contributed by atoms with Crippen LogP contribution in [0.1, 0.15) is 12.3 Å². The van der Waals surface area contributed by atoms with Crippen LogP contribution < -0.4 is 0 Å². The van der Waals surface area contributed by atoms with E-state index in [1.165, 1.54) is 0 Å². The highest BCUT2D eigenvalue weighted by Gasteiger charge is 2.08. The van der Waals surface area contributed by atoms with Gasteiger partial charge in [-0.2, -0.15) is 4.98 Å². The van der Waals surface area contributed by atoms with E-state index in [-0.39, 0.29) is 0 Å². The molecule has 2 aromatic rings. The van der Waals surface area contributed by atoms with Crippen LogP contribution >= 0.6 is 15.9 Å². The SMILES string of the molecule is COCCCc1nc(-c2ccc(Br)nc2)no1. The Morgan fingerprint density at radius 3 is 3.00 bits per heavy atom. The van der Waals surface area contributed by atoms with Gasteiger partial charge < -0.3 is 9.26 Å². The number of methoxy groups -OCH3 is 1. The summed E-state index contributed by atoms with van der Waals surface area (Å²) >= 11 is 3.28. The van der Waals surface area contributed by atoms with Crippen LogP contribution in [-0.2, 0) is 11.2 Å². The summed E-state index contributed by atoms with van der Waals surface area (Å²) in [5.41, 5.74) is 0.843. The van der Waals surface area contributed by atoms with Gasteiger partial charge >= 0.3 is 0 Å². The molecule has 0 unspecified atom stereocenters. The maximum Gasteiger partial charge on any atom is 0.227 e. The molecule has 0 radical (unpaired) electrons. The molecule has 0 saturated carbocycles. The van der Waals surface area contributed by atoms with Gasteiger partial charge in [0.15, 0.2) is 0 Å². The van der Waals surface area contributed by atoms with Crippen LogP contribution in [0.3, 0.4) is 0 Å². The Bertz CT molecular complexity index is 470. The number of hydrogen-bond acceptors (Lipinski definition) is 5. The first-order valence-electron chi connectivity index (χ1n) is 5.23. The van der Waals surface area contributed by atoms with Crippen molar-refractivity contribution in [3.63, 3.8) is 0 Å². The van der Waals surface area contributed by atoms with Crippen molar-refractivity contribution in [3.8, 4) is 11.4 Å². The molecule has 90 valence electrons. The van der Waals surface area contributed by atoms with E-state index in [4.69, 9.17) is 9.26 Å². The zero-order chi connectivity index (χ0) is 12.1. The summed E-state index contributed by atoms with van der Waals surface area (Å²) in [6, 6.07) is 3.73. The summed E-state index contributed by atoms with van der Waals surface area (Å²) < 4.78 is 10.9. The number of hydrogen-bond donors (Lipinski definition) is 0. The molecule has 0 aliphatic heterocycles. The maximum atomic E-state index is 5.14. The summed E-state index contributed by atoms with van der Waals surface area (Å²) in [6.45, 7) is 0.692. The van der Waals surface area contributed by atoms with Crippen molar-refractivity contribution in [2.45, 2.75) is 12.8 Å². The molecule has 0 spiro atoms. The van der Waals surface area contributed by atoms with Crippen molar-refractivity contribution in [2.24, 2.45) is 0 Å². The molecule has 0 bridgehead atoms. The predicted octanol–water partition coefficient (Wildman–Crippen LogP) is 2.47. The third kappa shape index (κ3) is 3.34. The molecule has 2 heterocycles. The van der Waals surface area contributed by atoms with Gasteiger partial charge in [0.2, 0.25) is 11.7 Å². The Balaban J connectivity index is 2.04. The lowest BCUT2D eigenvalue weighted by Crippen LogP contribution is -1.92. The van der Waals surface area contributed by atoms with E-state index in [1.54, 1.807) is 13.3 Å².